The molecular formula is C17H19F3O. The van der Waals surface area contributed by atoms with E-state index in [-0.39, 0.29) is 5.75 Å². The van der Waals surface area contributed by atoms with Gasteiger partial charge in [0.05, 0.1) is 0 Å². The van der Waals surface area contributed by atoms with Crippen LogP contribution in [0.15, 0.2) is 24.3 Å². The number of alkyl halides is 3. The zero-order chi connectivity index (χ0) is 14.6. The average Bonchev–Trinajstić information content (AvgIpc) is 2.35. The number of rotatable bonds is 2. The molecular weight excluding hydrogens is 277 g/mol. The van der Waals surface area contributed by atoms with Crippen molar-refractivity contribution < 1.29 is 17.9 Å². The summed E-state index contributed by atoms with van der Waals surface area (Å²) < 4.78 is 41.2. The smallest absolute Gasteiger partial charge is 0.406 e. The normalized spacial score (nSPS) is 37.8. The van der Waals surface area contributed by atoms with Crippen molar-refractivity contribution in [3.8, 4) is 5.75 Å². The number of benzene rings is 1. The van der Waals surface area contributed by atoms with E-state index in [1.54, 1.807) is 12.1 Å². The lowest BCUT2D eigenvalue weighted by Crippen LogP contribution is -2.43. The molecule has 0 atom stereocenters. The van der Waals surface area contributed by atoms with Gasteiger partial charge in [-0.25, -0.2) is 0 Å². The molecule has 21 heavy (non-hydrogen) atoms. The molecule has 0 radical (unpaired) electrons. The standard InChI is InChI=1S/C17H19F3O/c18-17(19,20)21-15-3-1-2-12(9-15)16-13-5-10-4-11(7-13)8-14(16)6-10/h1-3,9-11,13-14,16H,4-8H2. The zero-order valence-electron chi connectivity index (χ0n) is 11.8. The van der Waals surface area contributed by atoms with Gasteiger partial charge in [0.2, 0.25) is 0 Å². The van der Waals surface area contributed by atoms with Crippen molar-refractivity contribution in [2.24, 2.45) is 23.7 Å². The third kappa shape index (κ3) is 2.53. The SMILES string of the molecule is FC(F)(F)Oc1cccc(C2C3CC4CC(C3)CC2C4)c1. The van der Waals surface area contributed by atoms with Gasteiger partial charge in [-0.3, -0.25) is 0 Å². The van der Waals surface area contributed by atoms with Gasteiger partial charge in [0.1, 0.15) is 5.75 Å². The Bertz CT molecular complexity index is 509. The molecule has 4 aliphatic carbocycles. The Morgan fingerprint density at radius 1 is 0.905 bits per heavy atom. The monoisotopic (exact) mass is 296 g/mol. The molecule has 114 valence electrons. The number of ether oxygens (including phenoxy) is 1. The molecule has 4 fully saturated rings. The Morgan fingerprint density at radius 3 is 2.10 bits per heavy atom. The molecule has 0 amide bonds. The lowest BCUT2D eigenvalue weighted by Gasteiger charge is -2.54. The average molecular weight is 296 g/mol. The third-order valence-electron chi connectivity index (χ3n) is 5.70. The van der Waals surface area contributed by atoms with Gasteiger partial charge in [0.15, 0.2) is 0 Å². The molecule has 4 heteroatoms. The first-order valence-electron chi connectivity index (χ1n) is 7.83. The second-order valence-electron chi connectivity index (χ2n) is 7.08. The van der Waals surface area contributed by atoms with Crippen LogP contribution in [0, 0.1) is 23.7 Å². The molecule has 4 saturated carbocycles. The van der Waals surface area contributed by atoms with Crippen LogP contribution in [-0.2, 0) is 0 Å². The van der Waals surface area contributed by atoms with Crippen molar-refractivity contribution in [2.75, 3.05) is 0 Å². The van der Waals surface area contributed by atoms with Gasteiger partial charge in [0, 0.05) is 0 Å². The largest absolute Gasteiger partial charge is 0.573 e. The van der Waals surface area contributed by atoms with E-state index in [2.05, 4.69) is 4.74 Å². The minimum atomic E-state index is -4.61. The van der Waals surface area contributed by atoms with Crippen LogP contribution in [0.5, 0.6) is 5.75 Å². The van der Waals surface area contributed by atoms with Crippen molar-refractivity contribution in [2.45, 2.75) is 44.4 Å². The number of hydrogen-bond acceptors (Lipinski definition) is 1. The molecule has 1 nitrogen and oxygen atoms in total. The highest BCUT2D eigenvalue weighted by Gasteiger charge is 2.48. The van der Waals surface area contributed by atoms with Crippen LogP contribution in [0.1, 0.15) is 43.6 Å². The topological polar surface area (TPSA) is 9.23 Å². The molecule has 0 saturated heterocycles. The van der Waals surface area contributed by atoms with Crippen LogP contribution in [0.3, 0.4) is 0 Å². The van der Waals surface area contributed by atoms with Crippen LogP contribution in [0.4, 0.5) is 13.2 Å². The van der Waals surface area contributed by atoms with E-state index in [1.165, 1.54) is 38.2 Å². The quantitative estimate of drug-likeness (QED) is 0.735. The fraction of sp³-hybridized carbons (Fsp3) is 0.647. The number of hydrogen-bond donors (Lipinski definition) is 0. The second kappa shape index (κ2) is 4.65. The maximum Gasteiger partial charge on any atom is 0.573 e. The second-order valence-corrected chi connectivity index (χ2v) is 7.08. The van der Waals surface area contributed by atoms with Gasteiger partial charge in [-0.2, -0.15) is 0 Å². The first-order valence-corrected chi connectivity index (χ1v) is 7.83. The van der Waals surface area contributed by atoms with Crippen LogP contribution >= 0.6 is 0 Å². The predicted octanol–water partition coefficient (Wildman–Crippen LogP) is 5.12. The van der Waals surface area contributed by atoms with Crippen molar-refractivity contribution >= 4 is 0 Å². The summed E-state index contributed by atoms with van der Waals surface area (Å²) in [4.78, 5) is 0. The maximum absolute atomic E-state index is 12.4. The summed E-state index contributed by atoms with van der Waals surface area (Å²) in [5.41, 5.74) is 1.05. The molecule has 0 N–H and O–H groups in total. The molecule has 0 aromatic heterocycles. The van der Waals surface area contributed by atoms with Crippen molar-refractivity contribution in [1.29, 1.82) is 0 Å². The highest BCUT2D eigenvalue weighted by atomic mass is 19.4. The highest BCUT2D eigenvalue weighted by molar-refractivity contribution is 5.33. The lowest BCUT2D eigenvalue weighted by molar-refractivity contribution is -0.274. The van der Waals surface area contributed by atoms with E-state index in [0.717, 1.165) is 17.4 Å². The Hall–Kier alpha value is -1.19. The van der Waals surface area contributed by atoms with Crippen molar-refractivity contribution in [1.82, 2.24) is 0 Å². The summed E-state index contributed by atoms with van der Waals surface area (Å²) in [5.74, 6) is 3.45. The Morgan fingerprint density at radius 2 is 1.52 bits per heavy atom. The fourth-order valence-corrected chi connectivity index (χ4v) is 5.39. The van der Waals surface area contributed by atoms with Gasteiger partial charge in [-0.15, -0.1) is 13.2 Å². The van der Waals surface area contributed by atoms with Crippen LogP contribution < -0.4 is 4.74 Å². The van der Waals surface area contributed by atoms with E-state index in [1.807, 2.05) is 6.07 Å². The van der Waals surface area contributed by atoms with Crippen LogP contribution in [0.2, 0.25) is 0 Å². The molecule has 1 aromatic carbocycles. The molecule has 0 heterocycles. The zero-order valence-corrected chi connectivity index (χ0v) is 11.8. The van der Waals surface area contributed by atoms with Gasteiger partial charge in [-0.05, 0) is 79.4 Å². The minimum absolute atomic E-state index is 0.0752. The molecule has 5 rings (SSSR count). The van der Waals surface area contributed by atoms with Gasteiger partial charge >= 0.3 is 6.36 Å². The minimum Gasteiger partial charge on any atom is -0.406 e. The van der Waals surface area contributed by atoms with Gasteiger partial charge in [0.25, 0.3) is 0 Å². The molecule has 0 aliphatic heterocycles. The van der Waals surface area contributed by atoms with Gasteiger partial charge < -0.3 is 4.74 Å². The van der Waals surface area contributed by atoms with E-state index < -0.39 is 6.36 Å². The summed E-state index contributed by atoms with van der Waals surface area (Å²) in [6.07, 6.45) is 1.84. The summed E-state index contributed by atoms with van der Waals surface area (Å²) in [7, 11) is 0. The fourth-order valence-electron chi connectivity index (χ4n) is 5.39. The van der Waals surface area contributed by atoms with E-state index in [4.69, 9.17) is 0 Å². The highest BCUT2D eigenvalue weighted by Crippen LogP contribution is 2.59. The Kier molecular flexibility index (Phi) is 2.98. The third-order valence-corrected chi connectivity index (χ3v) is 5.70. The van der Waals surface area contributed by atoms with Gasteiger partial charge in [-0.1, -0.05) is 12.1 Å². The van der Waals surface area contributed by atoms with E-state index in [9.17, 15) is 13.2 Å². The summed E-state index contributed by atoms with van der Waals surface area (Å²) in [6, 6.07) is 6.69. The summed E-state index contributed by atoms with van der Waals surface area (Å²) in [6.45, 7) is 0. The molecule has 0 spiro atoms. The number of halogens is 3. The first kappa shape index (κ1) is 13.5. The predicted molar refractivity (Wildman–Crippen MR) is 72.9 cm³/mol. The van der Waals surface area contributed by atoms with Crippen LogP contribution in [-0.4, -0.2) is 6.36 Å². The van der Waals surface area contributed by atoms with Crippen LogP contribution in [0.25, 0.3) is 0 Å². The summed E-state index contributed by atoms with van der Waals surface area (Å²) in [5, 5.41) is 0. The summed E-state index contributed by atoms with van der Waals surface area (Å²) >= 11 is 0. The Balaban J connectivity index is 1.60. The molecule has 0 unspecified atom stereocenters. The van der Waals surface area contributed by atoms with E-state index in [0.29, 0.717) is 17.8 Å². The lowest BCUT2D eigenvalue weighted by atomic mass is 9.51. The van der Waals surface area contributed by atoms with Crippen molar-refractivity contribution in [3.63, 3.8) is 0 Å². The Labute approximate surface area is 122 Å². The first-order chi connectivity index (χ1) is 9.98. The molecule has 4 bridgehead atoms. The maximum atomic E-state index is 12.4. The van der Waals surface area contributed by atoms with Crippen molar-refractivity contribution in [3.05, 3.63) is 29.8 Å². The molecule has 4 aliphatic rings. The van der Waals surface area contributed by atoms with E-state index >= 15 is 0 Å². The molecule has 1 aromatic rings.